The van der Waals surface area contributed by atoms with Gasteiger partial charge in [-0.1, -0.05) is 35.0 Å². The smallest absolute Gasteiger partial charge is 0.348 e. The summed E-state index contributed by atoms with van der Waals surface area (Å²) in [4.78, 5) is 37.9. The molecule has 0 aliphatic heterocycles. The van der Waals surface area contributed by atoms with Crippen LogP contribution in [0.4, 0.5) is 5.00 Å². The Morgan fingerprint density at radius 1 is 1.08 bits per heavy atom. The van der Waals surface area contributed by atoms with Crippen molar-refractivity contribution >= 4 is 69.1 Å². The molecule has 0 bridgehead atoms. The van der Waals surface area contributed by atoms with Gasteiger partial charge >= 0.3 is 11.9 Å². The molecule has 3 aromatic rings. The quantitative estimate of drug-likeness (QED) is 0.243. The summed E-state index contributed by atoms with van der Waals surface area (Å²) in [6, 6.07) is 5.10. The largest absolute Gasteiger partial charge is 0.462 e. The Hall–Kier alpha value is -2.60. The van der Waals surface area contributed by atoms with Crippen LogP contribution in [0.1, 0.15) is 46.4 Å². The normalized spacial score (nSPS) is 10.8. The number of nitrogens with zero attached hydrogens (tertiary/aromatic N) is 3. The van der Waals surface area contributed by atoms with Gasteiger partial charge in [0.05, 0.1) is 29.6 Å². The van der Waals surface area contributed by atoms with Crippen LogP contribution >= 0.6 is 46.3 Å². The van der Waals surface area contributed by atoms with Crippen LogP contribution in [0.2, 0.25) is 10.0 Å². The van der Waals surface area contributed by atoms with E-state index in [-0.39, 0.29) is 40.3 Å². The number of hydrogen-bond donors (Lipinski definition) is 1. The average Bonchev–Trinajstić information content (AvgIpc) is 3.38. The molecule has 0 saturated carbocycles. The van der Waals surface area contributed by atoms with Crippen molar-refractivity contribution in [2.45, 2.75) is 39.4 Å². The molecule has 192 valence electrons. The molecule has 1 amide bonds. The third-order valence-electron chi connectivity index (χ3n) is 4.88. The van der Waals surface area contributed by atoms with Crippen LogP contribution in [-0.4, -0.2) is 51.6 Å². The van der Waals surface area contributed by atoms with Gasteiger partial charge in [-0.15, -0.1) is 21.5 Å². The lowest BCUT2D eigenvalue weighted by Crippen LogP contribution is -2.17. The number of benzene rings is 1. The van der Waals surface area contributed by atoms with Gasteiger partial charge in [-0.05, 0) is 51.5 Å². The van der Waals surface area contributed by atoms with Crippen molar-refractivity contribution in [3.63, 3.8) is 0 Å². The molecule has 0 spiro atoms. The molecule has 0 aliphatic rings. The summed E-state index contributed by atoms with van der Waals surface area (Å²) in [6.45, 7) is 7.80. The highest BCUT2D eigenvalue weighted by atomic mass is 35.5. The van der Waals surface area contributed by atoms with Gasteiger partial charge in [0, 0.05) is 17.1 Å². The fourth-order valence-corrected chi connectivity index (χ4v) is 5.69. The molecule has 0 unspecified atom stereocenters. The van der Waals surface area contributed by atoms with Crippen molar-refractivity contribution in [2.75, 3.05) is 24.3 Å². The molecule has 0 radical (unpaired) electrons. The van der Waals surface area contributed by atoms with E-state index in [9.17, 15) is 14.4 Å². The van der Waals surface area contributed by atoms with Crippen molar-refractivity contribution in [2.24, 2.45) is 0 Å². The summed E-state index contributed by atoms with van der Waals surface area (Å²) in [5.74, 6) is -1.04. The summed E-state index contributed by atoms with van der Waals surface area (Å²) >= 11 is 14.5. The molecule has 0 saturated heterocycles. The van der Waals surface area contributed by atoms with Crippen molar-refractivity contribution < 1.29 is 23.9 Å². The highest BCUT2D eigenvalue weighted by molar-refractivity contribution is 7.99. The number of anilines is 1. The Bertz CT molecular complexity index is 1290. The van der Waals surface area contributed by atoms with Crippen LogP contribution in [-0.2, 0) is 20.8 Å². The lowest BCUT2D eigenvalue weighted by Gasteiger charge is -2.09. The number of thiophene rings is 1. The molecular formula is C23H24Cl2N4O5S2. The van der Waals surface area contributed by atoms with E-state index in [4.69, 9.17) is 32.7 Å². The average molecular weight is 572 g/mol. The van der Waals surface area contributed by atoms with Crippen LogP contribution in [0.15, 0.2) is 23.4 Å². The van der Waals surface area contributed by atoms with E-state index in [1.807, 2.05) is 11.5 Å². The molecule has 0 fully saturated rings. The number of rotatable bonds is 10. The van der Waals surface area contributed by atoms with Gasteiger partial charge in [-0.3, -0.25) is 4.79 Å². The van der Waals surface area contributed by atoms with Gasteiger partial charge in [0.25, 0.3) is 0 Å². The fourth-order valence-electron chi connectivity index (χ4n) is 3.29. The van der Waals surface area contributed by atoms with Gasteiger partial charge in [0.15, 0.2) is 11.0 Å². The first kappa shape index (κ1) is 28.0. The molecule has 3 rings (SSSR count). The third-order valence-corrected chi connectivity index (χ3v) is 7.58. The first-order chi connectivity index (χ1) is 17.2. The standard InChI is InChI=1S/C23H24Cl2N4O5S2/c1-5-29-19(14-9-8-13(24)10-15(14)25)27-28-23(29)35-11-16(30)26-20-17(21(31)33-6-2)12(4)18(36-20)22(32)34-7-3/h8-10H,5-7,11H2,1-4H3,(H,26,30). The highest BCUT2D eigenvalue weighted by Crippen LogP contribution is 2.35. The maximum Gasteiger partial charge on any atom is 0.348 e. The second-order valence-corrected chi connectivity index (χ2v) is 10.0. The summed E-state index contributed by atoms with van der Waals surface area (Å²) < 4.78 is 12.0. The second-order valence-electron chi connectivity index (χ2n) is 7.21. The number of nitrogens with one attached hydrogen (secondary N) is 1. The molecule has 13 heteroatoms. The van der Waals surface area contributed by atoms with Gasteiger partial charge in [0.1, 0.15) is 9.88 Å². The first-order valence-electron chi connectivity index (χ1n) is 11.0. The Kier molecular flexibility index (Phi) is 9.77. The molecule has 9 nitrogen and oxygen atoms in total. The van der Waals surface area contributed by atoms with E-state index < -0.39 is 11.9 Å². The number of hydrogen-bond acceptors (Lipinski definition) is 9. The van der Waals surface area contributed by atoms with E-state index >= 15 is 0 Å². The lowest BCUT2D eigenvalue weighted by atomic mass is 10.1. The van der Waals surface area contributed by atoms with Crippen LogP contribution in [0, 0.1) is 6.92 Å². The summed E-state index contributed by atoms with van der Waals surface area (Å²) in [7, 11) is 0. The zero-order valence-electron chi connectivity index (χ0n) is 20.0. The SMILES string of the molecule is CCOC(=O)c1sc(NC(=O)CSc2nnc(-c3ccc(Cl)cc3Cl)n2CC)c(C(=O)OCC)c1C. The van der Waals surface area contributed by atoms with Crippen molar-refractivity contribution in [3.05, 3.63) is 44.2 Å². The van der Waals surface area contributed by atoms with Crippen LogP contribution in [0.25, 0.3) is 11.4 Å². The number of esters is 2. The van der Waals surface area contributed by atoms with Crippen molar-refractivity contribution in [1.29, 1.82) is 0 Å². The van der Waals surface area contributed by atoms with Crippen molar-refractivity contribution in [3.8, 4) is 11.4 Å². The van der Waals surface area contributed by atoms with E-state index in [2.05, 4.69) is 15.5 Å². The zero-order valence-corrected chi connectivity index (χ0v) is 23.2. The fraction of sp³-hybridized carbons (Fsp3) is 0.348. The minimum atomic E-state index is -0.625. The monoisotopic (exact) mass is 570 g/mol. The number of thioether (sulfide) groups is 1. The molecule has 1 aromatic carbocycles. The van der Waals surface area contributed by atoms with Crippen molar-refractivity contribution in [1.82, 2.24) is 14.8 Å². The van der Waals surface area contributed by atoms with Gasteiger partial charge in [-0.25, -0.2) is 9.59 Å². The highest BCUT2D eigenvalue weighted by Gasteiger charge is 2.27. The first-order valence-corrected chi connectivity index (χ1v) is 13.6. The molecule has 1 N–H and O–H groups in total. The number of halogens is 2. The van der Waals surface area contributed by atoms with Crippen LogP contribution in [0.3, 0.4) is 0 Å². The predicted octanol–water partition coefficient (Wildman–Crippen LogP) is 5.73. The maximum absolute atomic E-state index is 12.8. The number of aromatic nitrogens is 3. The molecule has 0 atom stereocenters. The Morgan fingerprint density at radius 3 is 2.42 bits per heavy atom. The molecule has 2 heterocycles. The van der Waals surface area contributed by atoms with Crippen LogP contribution in [0.5, 0.6) is 0 Å². The second kappa shape index (κ2) is 12.6. The number of ether oxygens (including phenoxy) is 2. The van der Waals surface area contributed by atoms with E-state index in [0.717, 1.165) is 11.3 Å². The van der Waals surface area contributed by atoms with Gasteiger partial charge in [-0.2, -0.15) is 0 Å². The Balaban J connectivity index is 1.80. The topological polar surface area (TPSA) is 112 Å². The van der Waals surface area contributed by atoms with Crippen LogP contribution < -0.4 is 5.32 Å². The molecule has 0 aliphatic carbocycles. The number of amides is 1. The molecular weight excluding hydrogens is 547 g/mol. The predicted molar refractivity (Wildman–Crippen MR) is 141 cm³/mol. The lowest BCUT2D eigenvalue weighted by molar-refractivity contribution is -0.113. The van der Waals surface area contributed by atoms with E-state index in [0.29, 0.717) is 38.7 Å². The third kappa shape index (κ3) is 6.20. The molecule has 36 heavy (non-hydrogen) atoms. The van der Waals surface area contributed by atoms with E-state index in [1.165, 1.54) is 11.8 Å². The number of carbonyl (C=O) groups is 3. The Morgan fingerprint density at radius 2 is 1.78 bits per heavy atom. The minimum Gasteiger partial charge on any atom is -0.462 e. The van der Waals surface area contributed by atoms with E-state index in [1.54, 1.807) is 39.0 Å². The summed E-state index contributed by atoms with van der Waals surface area (Å²) in [5.41, 5.74) is 1.21. The number of carbonyl (C=O) groups excluding carboxylic acids is 3. The zero-order chi connectivity index (χ0) is 26.4. The van der Waals surface area contributed by atoms with Gasteiger partial charge < -0.3 is 19.4 Å². The summed E-state index contributed by atoms with van der Waals surface area (Å²) in [5, 5.41) is 12.9. The summed E-state index contributed by atoms with van der Waals surface area (Å²) in [6.07, 6.45) is 0. The maximum atomic E-state index is 12.8. The molecule has 2 aromatic heterocycles. The Labute approximate surface area is 226 Å². The van der Waals surface area contributed by atoms with Gasteiger partial charge in [0.2, 0.25) is 5.91 Å². The minimum absolute atomic E-state index is 0.0135.